The first kappa shape index (κ1) is 29.4. The number of halogens is 3. The molecule has 1 fully saturated rings. The molecule has 0 saturated carbocycles. The van der Waals surface area contributed by atoms with Gasteiger partial charge in [0.05, 0.1) is 35.6 Å². The number of fused-ring (bicyclic) bond motifs is 3. The predicted molar refractivity (Wildman–Crippen MR) is 165 cm³/mol. The van der Waals surface area contributed by atoms with Gasteiger partial charge in [0, 0.05) is 22.5 Å². The van der Waals surface area contributed by atoms with E-state index in [9.17, 15) is 5.26 Å². The highest BCUT2D eigenvalue weighted by Gasteiger charge is 2.61. The summed E-state index contributed by atoms with van der Waals surface area (Å²) in [4.78, 5) is 5.01. The SMILES string of the molecule is COc1cc(C(C)C)ccc1NC1=Nc2c(Cl)cccc2[C@H]2[C@H]1N[C@@H](CC(C)(C)C)[C@]2(C#N)c1ccc(Cl)cc1F. The second kappa shape index (κ2) is 10.9. The Hall–Kier alpha value is -3.11. The van der Waals surface area contributed by atoms with E-state index in [1.165, 1.54) is 6.07 Å². The highest BCUT2D eigenvalue weighted by Crippen LogP contribution is 2.56. The molecule has 3 aromatic carbocycles. The fraction of sp³-hybridized carbons (Fsp3) is 0.394. The molecule has 0 aromatic heterocycles. The Morgan fingerprint density at radius 3 is 2.54 bits per heavy atom. The lowest BCUT2D eigenvalue weighted by Crippen LogP contribution is -2.44. The normalized spacial score (nSPS) is 23.4. The highest BCUT2D eigenvalue weighted by atomic mass is 35.5. The van der Waals surface area contributed by atoms with Gasteiger partial charge in [0.25, 0.3) is 0 Å². The van der Waals surface area contributed by atoms with Crippen LogP contribution >= 0.6 is 23.2 Å². The van der Waals surface area contributed by atoms with Gasteiger partial charge in [0.15, 0.2) is 0 Å². The number of nitriles is 1. The zero-order valence-corrected chi connectivity index (χ0v) is 25.7. The summed E-state index contributed by atoms with van der Waals surface area (Å²) in [5, 5.41) is 19.1. The van der Waals surface area contributed by atoms with E-state index in [-0.39, 0.29) is 10.4 Å². The fourth-order valence-corrected chi connectivity index (χ4v) is 6.69. The van der Waals surface area contributed by atoms with Crippen molar-refractivity contribution in [3.8, 4) is 11.8 Å². The molecule has 214 valence electrons. The van der Waals surface area contributed by atoms with Gasteiger partial charge in [-0.2, -0.15) is 5.26 Å². The summed E-state index contributed by atoms with van der Waals surface area (Å²) < 4.78 is 21.6. The molecule has 2 aliphatic rings. The molecule has 8 heteroatoms. The summed E-state index contributed by atoms with van der Waals surface area (Å²) in [7, 11) is 1.64. The number of hydrogen-bond acceptors (Lipinski definition) is 5. The van der Waals surface area contributed by atoms with Crippen LogP contribution in [0.5, 0.6) is 5.75 Å². The number of aliphatic imine (C=N–C) groups is 1. The molecule has 2 aliphatic heterocycles. The molecular formula is C33H35Cl2FN4O. The van der Waals surface area contributed by atoms with Gasteiger partial charge in [-0.05, 0) is 59.2 Å². The molecule has 0 spiro atoms. The zero-order chi connectivity index (χ0) is 29.7. The van der Waals surface area contributed by atoms with Crippen molar-refractivity contribution in [2.45, 2.75) is 70.4 Å². The fourth-order valence-electron chi connectivity index (χ4n) is 6.31. The summed E-state index contributed by atoms with van der Waals surface area (Å²) in [6.45, 7) is 10.6. The first-order valence-corrected chi connectivity index (χ1v) is 14.6. The van der Waals surface area contributed by atoms with Crippen LogP contribution in [0, 0.1) is 22.6 Å². The van der Waals surface area contributed by atoms with Crippen molar-refractivity contribution < 1.29 is 9.13 Å². The van der Waals surface area contributed by atoms with Crippen LogP contribution in [0.1, 0.15) is 69.6 Å². The van der Waals surface area contributed by atoms with Crippen molar-refractivity contribution in [3.63, 3.8) is 0 Å². The minimum Gasteiger partial charge on any atom is -0.495 e. The van der Waals surface area contributed by atoms with Gasteiger partial charge in [-0.1, -0.05) is 82.1 Å². The summed E-state index contributed by atoms with van der Waals surface area (Å²) in [6, 6.07) is 18.0. The standard InChI is InChI=1S/C33H35Cl2FN4O/c1-18(2)19-10-13-25(26(14-19)41-6)38-31-30-28(21-8-7-9-23(35)29(21)40-31)33(17-37,27(39-30)16-32(3,4)5)22-12-11-20(34)15-24(22)36/h7-15,18,27-28,30,39H,16H2,1-6H3,(H,38,40)/t27-,28-,30+,33-/m0/s1. The van der Waals surface area contributed by atoms with Crippen molar-refractivity contribution in [3.05, 3.63) is 87.2 Å². The number of nitrogens with one attached hydrogen (secondary N) is 2. The molecular weight excluding hydrogens is 558 g/mol. The lowest BCUT2D eigenvalue weighted by Gasteiger charge is -2.39. The van der Waals surface area contributed by atoms with E-state index < -0.39 is 29.2 Å². The summed E-state index contributed by atoms with van der Waals surface area (Å²) in [6.07, 6.45) is 0.616. The van der Waals surface area contributed by atoms with Gasteiger partial charge >= 0.3 is 0 Å². The topological polar surface area (TPSA) is 69.4 Å². The Kier molecular flexibility index (Phi) is 7.84. The van der Waals surface area contributed by atoms with Crippen LogP contribution in [-0.4, -0.2) is 25.0 Å². The minimum atomic E-state index is -1.28. The van der Waals surface area contributed by atoms with Gasteiger partial charge in [-0.3, -0.25) is 0 Å². The molecule has 0 bridgehead atoms. The maximum absolute atomic E-state index is 15.8. The largest absolute Gasteiger partial charge is 0.495 e. The van der Waals surface area contributed by atoms with E-state index in [1.54, 1.807) is 25.3 Å². The van der Waals surface area contributed by atoms with Crippen molar-refractivity contribution in [2.24, 2.45) is 10.4 Å². The quantitative estimate of drug-likeness (QED) is 0.310. The molecule has 0 radical (unpaired) electrons. The maximum atomic E-state index is 15.8. The first-order chi connectivity index (χ1) is 19.4. The Labute approximate surface area is 251 Å². The number of rotatable bonds is 5. The van der Waals surface area contributed by atoms with Crippen LogP contribution in [0.15, 0.2) is 59.6 Å². The van der Waals surface area contributed by atoms with Crippen LogP contribution in [0.4, 0.5) is 15.8 Å². The molecule has 0 amide bonds. The first-order valence-electron chi connectivity index (χ1n) is 13.8. The second-order valence-corrected chi connectivity index (χ2v) is 13.3. The van der Waals surface area contributed by atoms with Gasteiger partial charge < -0.3 is 15.4 Å². The van der Waals surface area contributed by atoms with E-state index in [0.29, 0.717) is 40.2 Å². The number of nitrogens with zero attached hydrogens (tertiary/aromatic N) is 2. The summed E-state index contributed by atoms with van der Waals surface area (Å²) >= 11 is 12.9. The molecule has 1 saturated heterocycles. The van der Waals surface area contributed by atoms with E-state index in [4.69, 9.17) is 32.9 Å². The van der Waals surface area contributed by atoms with Crippen LogP contribution in [-0.2, 0) is 5.41 Å². The van der Waals surface area contributed by atoms with Crippen LogP contribution in [0.3, 0.4) is 0 Å². The van der Waals surface area contributed by atoms with E-state index >= 15 is 4.39 Å². The molecule has 2 heterocycles. The van der Waals surface area contributed by atoms with E-state index in [2.05, 4.69) is 57.4 Å². The van der Waals surface area contributed by atoms with Crippen LogP contribution < -0.4 is 15.4 Å². The summed E-state index contributed by atoms with van der Waals surface area (Å²) in [5.41, 5.74) is 2.14. The van der Waals surface area contributed by atoms with Gasteiger partial charge in [-0.25, -0.2) is 9.38 Å². The third kappa shape index (κ3) is 5.20. The maximum Gasteiger partial charge on any atom is 0.142 e. The molecule has 2 N–H and O–H groups in total. The Morgan fingerprint density at radius 2 is 1.90 bits per heavy atom. The van der Waals surface area contributed by atoms with Crippen molar-refractivity contribution >= 4 is 40.4 Å². The average molecular weight is 594 g/mol. The van der Waals surface area contributed by atoms with E-state index in [1.807, 2.05) is 24.3 Å². The number of anilines is 1. The predicted octanol–water partition coefficient (Wildman–Crippen LogP) is 8.74. The molecule has 5 rings (SSSR count). The molecule has 0 unspecified atom stereocenters. The molecule has 0 aliphatic carbocycles. The monoisotopic (exact) mass is 592 g/mol. The average Bonchev–Trinajstić information content (AvgIpc) is 3.23. The van der Waals surface area contributed by atoms with Crippen molar-refractivity contribution in [1.29, 1.82) is 5.26 Å². The third-order valence-electron chi connectivity index (χ3n) is 8.17. The van der Waals surface area contributed by atoms with E-state index in [0.717, 1.165) is 16.8 Å². The van der Waals surface area contributed by atoms with Gasteiger partial charge in [0.1, 0.15) is 22.8 Å². The molecule has 4 atom stereocenters. The van der Waals surface area contributed by atoms with Crippen LogP contribution in [0.2, 0.25) is 10.0 Å². The Bertz CT molecular complexity index is 1560. The van der Waals surface area contributed by atoms with Crippen LogP contribution in [0.25, 0.3) is 0 Å². The smallest absolute Gasteiger partial charge is 0.142 e. The lowest BCUT2D eigenvalue weighted by atomic mass is 9.62. The Balaban J connectivity index is 1.73. The highest BCUT2D eigenvalue weighted by molar-refractivity contribution is 6.33. The molecule has 5 nitrogen and oxygen atoms in total. The third-order valence-corrected chi connectivity index (χ3v) is 8.71. The lowest BCUT2D eigenvalue weighted by molar-refractivity contribution is 0.279. The number of benzene rings is 3. The number of amidine groups is 1. The molecule has 3 aromatic rings. The van der Waals surface area contributed by atoms with Gasteiger partial charge in [-0.15, -0.1) is 0 Å². The number of hydrogen-bond donors (Lipinski definition) is 2. The van der Waals surface area contributed by atoms with Gasteiger partial charge in [0.2, 0.25) is 0 Å². The minimum absolute atomic E-state index is 0.159. The second-order valence-electron chi connectivity index (χ2n) is 12.5. The number of para-hydroxylation sites is 1. The zero-order valence-electron chi connectivity index (χ0n) is 24.1. The van der Waals surface area contributed by atoms with Crippen molar-refractivity contribution in [1.82, 2.24) is 5.32 Å². The van der Waals surface area contributed by atoms with Crippen molar-refractivity contribution in [2.75, 3.05) is 12.4 Å². The number of methoxy groups -OCH3 is 1. The molecule has 41 heavy (non-hydrogen) atoms. The number of ether oxygens (including phenoxy) is 1. The summed E-state index contributed by atoms with van der Waals surface area (Å²) in [5.74, 6) is 0.605. The Morgan fingerprint density at radius 1 is 1.15 bits per heavy atom.